The molecule has 0 radical (unpaired) electrons. The van der Waals surface area contributed by atoms with Crippen LogP contribution in [0.2, 0.25) is 5.02 Å². The molecule has 32 heavy (non-hydrogen) atoms. The van der Waals surface area contributed by atoms with E-state index < -0.39 is 23.7 Å². The highest BCUT2D eigenvalue weighted by atomic mass is 35.5. The fourth-order valence-electron chi connectivity index (χ4n) is 3.53. The number of halogens is 1. The van der Waals surface area contributed by atoms with Gasteiger partial charge in [0.1, 0.15) is 11.5 Å². The van der Waals surface area contributed by atoms with Crippen LogP contribution in [-0.2, 0) is 14.3 Å². The third-order valence-corrected chi connectivity index (χ3v) is 5.32. The molecule has 0 bridgehead atoms. The number of aryl methyl sites for hydroxylation is 1. The summed E-state index contributed by atoms with van der Waals surface area (Å²) in [6.07, 6.45) is 0. The summed E-state index contributed by atoms with van der Waals surface area (Å²) in [6.45, 7) is 1.65. The van der Waals surface area contributed by atoms with Crippen LogP contribution in [-0.4, -0.2) is 35.0 Å². The molecule has 1 aromatic heterocycles. The van der Waals surface area contributed by atoms with Crippen molar-refractivity contribution >= 4 is 40.8 Å². The minimum atomic E-state index is -0.998. The second kappa shape index (κ2) is 8.32. The van der Waals surface area contributed by atoms with Gasteiger partial charge in [-0.2, -0.15) is 0 Å². The molecule has 1 unspecified atom stereocenters. The van der Waals surface area contributed by atoms with E-state index in [0.29, 0.717) is 27.5 Å². The quantitative estimate of drug-likeness (QED) is 0.275. The van der Waals surface area contributed by atoms with Crippen LogP contribution in [0.4, 0.5) is 5.82 Å². The van der Waals surface area contributed by atoms with Crippen molar-refractivity contribution in [2.45, 2.75) is 13.0 Å². The Labute approximate surface area is 187 Å². The number of amides is 1. The average Bonchev–Trinajstić information content (AvgIpc) is 3.34. The van der Waals surface area contributed by atoms with E-state index >= 15 is 0 Å². The highest BCUT2D eigenvalue weighted by Crippen LogP contribution is 2.42. The first kappa shape index (κ1) is 21.3. The molecule has 1 atom stereocenters. The van der Waals surface area contributed by atoms with Gasteiger partial charge in [0.05, 0.1) is 24.3 Å². The van der Waals surface area contributed by atoms with E-state index in [1.807, 2.05) is 0 Å². The van der Waals surface area contributed by atoms with Gasteiger partial charge >= 0.3 is 11.9 Å². The van der Waals surface area contributed by atoms with Gasteiger partial charge in [-0.25, -0.2) is 4.79 Å². The molecule has 8 nitrogen and oxygen atoms in total. The van der Waals surface area contributed by atoms with Crippen molar-refractivity contribution in [2.75, 3.05) is 12.0 Å². The molecule has 4 rings (SSSR count). The van der Waals surface area contributed by atoms with Gasteiger partial charge in [0, 0.05) is 16.7 Å². The highest BCUT2D eigenvalue weighted by Gasteiger charge is 2.48. The van der Waals surface area contributed by atoms with E-state index in [1.165, 1.54) is 25.3 Å². The summed E-state index contributed by atoms with van der Waals surface area (Å²) in [5, 5.41) is 15.3. The van der Waals surface area contributed by atoms with Gasteiger partial charge < -0.3 is 14.4 Å². The molecular formula is C23H17ClN2O6. The molecule has 0 saturated carbocycles. The molecular weight excluding hydrogens is 436 g/mol. The number of ether oxygens (including phenoxy) is 1. The number of methoxy groups -OCH3 is 1. The fourth-order valence-corrected chi connectivity index (χ4v) is 3.66. The van der Waals surface area contributed by atoms with Crippen LogP contribution in [0.5, 0.6) is 0 Å². The first-order valence-corrected chi connectivity index (χ1v) is 9.88. The molecule has 1 N–H and O–H groups in total. The maximum atomic E-state index is 13.0. The Balaban J connectivity index is 1.90. The van der Waals surface area contributed by atoms with Crippen molar-refractivity contribution in [3.63, 3.8) is 0 Å². The van der Waals surface area contributed by atoms with Gasteiger partial charge in [-0.15, -0.1) is 0 Å². The van der Waals surface area contributed by atoms with Crippen LogP contribution in [0.15, 0.2) is 64.7 Å². The van der Waals surface area contributed by atoms with Crippen molar-refractivity contribution in [2.24, 2.45) is 0 Å². The maximum absolute atomic E-state index is 13.0. The van der Waals surface area contributed by atoms with Crippen molar-refractivity contribution in [1.29, 1.82) is 0 Å². The minimum absolute atomic E-state index is 0.121. The number of hydrogen-bond donors (Lipinski definition) is 1. The molecule has 162 valence electrons. The number of hydrogen-bond acceptors (Lipinski definition) is 7. The minimum Gasteiger partial charge on any atom is -0.507 e. The lowest BCUT2D eigenvalue weighted by Crippen LogP contribution is -2.29. The third-order valence-electron chi connectivity index (χ3n) is 5.07. The molecule has 1 amide bonds. The van der Waals surface area contributed by atoms with Crippen molar-refractivity contribution in [3.8, 4) is 0 Å². The molecule has 1 aliphatic heterocycles. The number of aromatic nitrogens is 1. The van der Waals surface area contributed by atoms with Gasteiger partial charge in [0.15, 0.2) is 5.82 Å². The second-order valence-corrected chi connectivity index (χ2v) is 7.52. The topological polar surface area (TPSA) is 110 Å². The number of ketones is 1. The van der Waals surface area contributed by atoms with E-state index in [-0.39, 0.29) is 17.2 Å². The van der Waals surface area contributed by atoms with E-state index in [1.54, 1.807) is 43.3 Å². The summed E-state index contributed by atoms with van der Waals surface area (Å²) in [7, 11) is 1.27. The van der Waals surface area contributed by atoms with E-state index in [2.05, 4.69) is 5.16 Å². The molecule has 1 saturated heterocycles. The summed E-state index contributed by atoms with van der Waals surface area (Å²) in [5.41, 5.74) is 0.972. The highest BCUT2D eigenvalue weighted by molar-refractivity contribution is 6.51. The number of carbonyl (C=O) groups excluding carboxylic acids is 3. The number of aliphatic hydroxyl groups is 1. The third kappa shape index (κ3) is 3.65. The van der Waals surface area contributed by atoms with Gasteiger partial charge in [0.25, 0.3) is 5.78 Å². The van der Waals surface area contributed by atoms with Crippen LogP contribution in [0, 0.1) is 6.92 Å². The zero-order valence-corrected chi connectivity index (χ0v) is 17.8. The zero-order chi connectivity index (χ0) is 23.0. The lowest BCUT2D eigenvalue weighted by molar-refractivity contribution is -0.132. The normalized spacial score (nSPS) is 17.6. The van der Waals surface area contributed by atoms with Crippen molar-refractivity contribution < 1.29 is 28.8 Å². The summed E-state index contributed by atoms with van der Waals surface area (Å²) in [4.78, 5) is 39.0. The molecule has 0 spiro atoms. The monoisotopic (exact) mass is 452 g/mol. The summed E-state index contributed by atoms with van der Waals surface area (Å²) < 4.78 is 9.81. The van der Waals surface area contributed by atoms with Gasteiger partial charge in [0.2, 0.25) is 0 Å². The smallest absolute Gasteiger partial charge is 0.337 e. The largest absolute Gasteiger partial charge is 0.507 e. The predicted molar refractivity (Wildman–Crippen MR) is 115 cm³/mol. The van der Waals surface area contributed by atoms with Gasteiger partial charge in [-0.1, -0.05) is 28.9 Å². The molecule has 1 aliphatic rings. The molecule has 2 heterocycles. The van der Waals surface area contributed by atoms with Crippen LogP contribution in [0.25, 0.3) is 5.76 Å². The van der Waals surface area contributed by atoms with Crippen LogP contribution < -0.4 is 4.90 Å². The summed E-state index contributed by atoms with van der Waals surface area (Å²) >= 11 is 5.93. The van der Waals surface area contributed by atoms with E-state index in [9.17, 15) is 19.5 Å². The van der Waals surface area contributed by atoms with Gasteiger partial charge in [-0.3, -0.25) is 14.5 Å². The standard InChI is InChI=1S/C23H17ClN2O6/c1-12-11-17(25-32-12)26-19(13-3-5-15(6-4-13)23(30)31-2)18(21(28)22(26)29)20(27)14-7-9-16(24)10-8-14/h3-11,19,27H,1-2H3. The number of esters is 1. The molecule has 3 aromatic rings. The predicted octanol–water partition coefficient (Wildman–Crippen LogP) is 4.05. The van der Waals surface area contributed by atoms with Crippen molar-refractivity contribution in [1.82, 2.24) is 5.16 Å². The number of benzene rings is 2. The lowest BCUT2D eigenvalue weighted by Gasteiger charge is -2.23. The Morgan fingerprint density at radius 2 is 1.72 bits per heavy atom. The molecule has 1 fully saturated rings. The number of rotatable bonds is 4. The molecule has 2 aromatic carbocycles. The first-order valence-electron chi connectivity index (χ1n) is 9.50. The summed E-state index contributed by atoms with van der Waals surface area (Å²) in [6, 6.07) is 12.9. The molecule has 0 aliphatic carbocycles. The average molecular weight is 453 g/mol. The number of aliphatic hydroxyl groups excluding tert-OH is 1. The summed E-state index contributed by atoms with van der Waals surface area (Å²) in [5.74, 6) is -2.05. The van der Waals surface area contributed by atoms with Crippen LogP contribution in [0.1, 0.15) is 33.3 Å². The Kier molecular flexibility index (Phi) is 5.54. The number of Topliss-reactive ketones (excluding diaryl/α,β-unsaturated/α-hetero) is 1. The van der Waals surface area contributed by atoms with Crippen LogP contribution >= 0.6 is 11.6 Å². The maximum Gasteiger partial charge on any atom is 0.337 e. The van der Waals surface area contributed by atoms with E-state index in [0.717, 1.165) is 4.90 Å². The Hall–Kier alpha value is -3.91. The van der Waals surface area contributed by atoms with Crippen LogP contribution in [0.3, 0.4) is 0 Å². The Morgan fingerprint density at radius 3 is 2.28 bits per heavy atom. The van der Waals surface area contributed by atoms with Crippen molar-refractivity contribution in [3.05, 3.63) is 87.6 Å². The number of nitrogens with zero attached hydrogens (tertiary/aromatic N) is 2. The Bertz CT molecular complexity index is 1240. The molecule has 9 heteroatoms. The number of anilines is 1. The van der Waals surface area contributed by atoms with Gasteiger partial charge in [-0.05, 0) is 48.9 Å². The lowest BCUT2D eigenvalue weighted by atomic mass is 9.94. The van der Waals surface area contributed by atoms with E-state index in [4.69, 9.17) is 20.9 Å². The Morgan fingerprint density at radius 1 is 1.09 bits per heavy atom. The SMILES string of the molecule is COC(=O)c1ccc(C2C(=C(O)c3ccc(Cl)cc3)C(=O)C(=O)N2c2cc(C)on2)cc1. The fraction of sp³-hybridized carbons (Fsp3) is 0.130. The number of carbonyl (C=O) groups is 3. The first-order chi connectivity index (χ1) is 15.3. The second-order valence-electron chi connectivity index (χ2n) is 7.09. The zero-order valence-electron chi connectivity index (χ0n) is 17.0.